The molecular weight excluding hydrogens is 320 g/mol. The van der Waals surface area contributed by atoms with Crippen molar-refractivity contribution < 1.29 is 14.3 Å². The van der Waals surface area contributed by atoms with E-state index in [1.165, 1.54) is 0 Å². The van der Waals surface area contributed by atoms with Crippen LogP contribution >= 0.6 is 0 Å². The zero-order chi connectivity index (χ0) is 18.8. The van der Waals surface area contributed by atoms with E-state index in [4.69, 9.17) is 4.42 Å². The Kier molecular flexibility index (Phi) is 5.37. The average molecular weight is 348 g/mol. The summed E-state index contributed by atoms with van der Waals surface area (Å²) in [5, 5.41) is 17.7. The molecular formula is C18H28N4O3. The number of carbonyl (C=O) groups excluding carboxylic acids is 1. The van der Waals surface area contributed by atoms with E-state index in [1.54, 1.807) is 31.0 Å². The van der Waals surface area contributed by atoms with Crippen molar-refractivity contribution in [1.82, 2.24) is 20.1 Å². The topological polar surface area (TPSA) is 93.2 Å². The third-order valence-corrected chi connectivity index (χ3v) is 5.08. The fourth-order valence-corrected chi connectivity index (χ4v) is 3.02. The summed E-state index contributed by atoms with van der Waals surface area (Å²) in [4.78, 5) is 16.8. The second-order valence-corrected chi connectivity index (χ2v) is 7.14. The molecule has 2 aromatic rings. The number of oxazole rings is 1. The van der Waals surface area contributed by atoms with E-state index in [0.29, 0.717) is 31.0 Å². The third kappa shape index (κ3) is 3.76. The summed E-state index contributed by atoms with van der Waals surface area (Å²) in [5.74, 6) is 0.225. The van der Waals surface area contributed by atoms with E-state index in [1.807, 2.05) is 27.7 Å². The Hall–Kier alpha value is -2.15. The van der Waals surface area contributed by atoms with Gasteiger partial charge in [0.15, 0.2) is 0 Å². The van der Waals surface area contributed by atoms with Crippen molar-refractivity contribution in [2.45, 2.75) is 53.1 Å². The van der Waals surface area contributed by atoms with Gasteiger partial charge in [0, 0.05) is 25.2 Å². The summed E-state index contributed by atoms with van der Waals surface area (Å²) in [6.45, 7) is 9.88. The molecule has 7 nitrogen and oxygen atoms in total. The Labute approximate surface area is 148 Å². The summed E-state index contributed by atoms with van der Waals surface area (Å²) in [6, 6.07) is 0. The second-order valence-electron chi connectivity index (χ2n) is 7.14. The van der Waals surface area contributed by atoms with Gasteiger partial charge in [0.25, 0.3) is 5.91 Å². The average Bonchev–Trinajstić information content (AvgIpc) is 3.17. The molecule has 0 aliphatic rings. The summed E-state index contributed by atoms with van der Waals surface area (Å²) in [7, 11) is 1.80. The lowest BCUT2D eigenvalue weighted by Crippen LogP contribution is -2.50. The summed E-state index contributed by atoms with van der Waals surface area (Å²) in [6.07, 6.45) is 4.66. The van der Waals surface area contributed by atoms with Gasteiger partial charge in [-0.2, -0.15) is 5.10 Å². The highest BCUT2D eigenvalue weighted by Gasteiger charge is 2.40. The molecule has 2 N–H and O–H groups in total. The van der Waals surface area contributed by atoms with Gasteiger partial charge in [0.1, 0.15) is 0 Å². The van der Waals surface area contributed by atoms with Crippen LogP contribution in [0.2, 0.25) is 0 Å². The van der Waals surface area contributed by atoms with E-state index in [0.717, 1.165) is 5.56 Å². The van der Waals surface area contributed by atoms with E-state index in [9.17, 15) is 9.90 Å². The van der Waals surface area contributed by atoms with Crippen molar-refractivity contribution in [2.75, 3.05) is 6.54 Å². The van der Waals surface area contributed by atoms with Gasteiger partial charge in [-0.15, -0.1) is 0 Å². The standard InChI is InChI=1S/C18H28N4O3/c1-7-18(24,8-2)17(4,5)11-19-15(23)14-12(3)21-16(25-14)13-9-20-22(6)10-13/h9-10,24H,7-8,11H2,1-6H3,(H,19,23). The van der Waals surface area contributed by atoms with Gasteiger partial charge >= 0.3 is 0 Å². The van der Waals surface area contributed by atoms with Crippen LogP contribution in [0.1, 0.15) is 56.8 Å². The predicted molar refractivity (Wildman–Crippen MR) is 95.1 cm³/mol. The lowest BCUT2D eigenvalue weighted by molar-refractivity contribution is -0.0710. The molecule has 0 saturated heterocycles. The minimum Gasteiger partial charge on any atom is -0.431 e. The molecule has 0 aliphatic carbocycles. The van der Waals surface area contributed by atoms with Crippen LogP contribution in [0.15, 0.2) is 16.8 Å². The van der Waals surface area contributed by atoms with Crippen LogP contribution in [-0.2, 0) is 7.05 Å². The Morgan fingerprint density at radius 1 is 1.36 bits per heavy atom. The first-order valence-corrected chi connectivity index (χ1v) is 8.60. The van der Waals surface area contributed by atoms with Crippen LogP contribution in [0.5, 0.6) is 0 Å². The van der Waals surface area contributed by atoms with Crippen LogP contribution in [0.4, 0.5) is 0 Å². The first-order valence-electron chi connectivity index (χ1n) is 8.60. The number of nitrogens with one attached hydrogen (secondary N) is 1. The normalized spacial score (nSPS) is 12.4. The monoisotopic (exact) mass is 348 g/mol. The molecule has 0 radical (unpaired) electrons. The van der Waals surface area contributed by atoms with Crippen molar-refractivity contribution in [1.29, 1.82) is 0 Å². The first-order chi connectivity index (χ1) is 11.6. The van der Waals surface area contributed by atoms with Crippen LogP contribution in [0.3, 0.4) is 0 Å². The SMILES string of the molecule is CCC(O)(CC)C(C)(C)CNC(=O)c1oc(-c2cnn(C)c2)nc1C. The summed E-state index contributed by atoms with van der Waals surface area (Å²) in [5.41, 5.74) is -0.0594. The van der Waals surface area contributed by atoms with Crippen LogP contribution in [0, 0.1) is 12.3 Å². The highest BCUT2D eigenvalue weighted by Crippen LogP contribution is 2.36. The molecule has 0 aromatic carbocycles. The highest BCUT2D eigenvalue weighted by molar-refractivity contribution is 5.92. The molecule has 25 heavy (non-hydrogen) atoms. The van der Waals surface area contributed by atoms with Gasteiger partial charge in [-0.3, -0.25) is 9.48 Å². The molecule has 0 atom stereocenters. The molecule has 7 heteroatoms. The van der Waals surface area contributed by atoms with Crippen LogP contribution in [0.25, 0.3) is 11.5 Å². The molecule has 2 aromatic heterocycles. The van der Waals surface area contributed by atoms with Crippen molar-refractivity contribution in [3.63, 3.8) is 0 Å². The Morgan fingerprint density at radius 2 is 2.00 bits per heavy atom. The number of aryl methyl sites for hydroxylation is 2. The minimum atomic E-state index is -0.836. The van der Waals surface area contributed by atoms with Gasteiger partial charge in [-0.05, 0) is 19.8 Å². The van der Waals surface area contributed by atoms with Gasteiger partial charge in [0.05, 0.1) is 23.1 Å². The fourth-order valence-electron chi connectivity index (χ4n) is 3.02. The number of aliphatic hydroxyl groups is 1. The highest BCUT2D eigenvalue weighted by atomic mass is 16.4. The number of carbonyl (C=O) groups is 1. The molecule has 2 rings (SSSR count). The first kappa shape index (κ1) is 19.2. The van der Waals surface area contributed by atoms with Crippen molar-refractivity contribution >= 4 is 5.91 Å². The largest absolute Gasteiger partial charge is 0.431 e. The predicted octanol–water partition coefficient (Wildman–Crippen LogP) is 2.69. The van der Waals surface area contributed by atoms with Gasteiger partial charge in [-0.1, -0.05) is 27.7 Å². The lowest BCUT2D eigenvalue weighted by Gasteiger charge is -2.42. The Morgan fingerprint density at radius 3 is 2.52 bits per heavy atom. The van der Waals surface area contributed by atoms with E-state index >= 15 is 0 Å². The maximum Gasteiger partial charge on any atom is 0.289 e. The zero-order valence-corrected chi connectivity index (χ0v) is 15.9. The number of amides is 1. The number of hydrogen-bond donors (Lipinski definition) is 2. The Bertz CT molecular complexity index is 741. The van der Waals surface area contributed by atoms with Crippen molar-refractivity contribution in [2.24, 2.45) is 12.5 Å². The molecule has 0 aliphatic heterocycles. The minimum absolute atomic E-state index is 0.186. The van der Waals surface area contributed by atoms with Gasteiger partial charge in [0.2, 0.25) is 11.7 Å². The lowest BCUT2D eigenvalue weighted by atomic mass is 9.71. The van der Waals surface area contributed by atoms with E-state index in [-0.39, 0.29) is 11.7 Å². The fraction of sp³-hybridized carbons (Fsp3) is 0.611. The van der Waals surface area contributed by atoms with E-state index < -0.39 is 11.0 Å². The second kappa shape index (κ2) is 7.00. The smallest absolute Gasteiger partial charge is 0.289 e. The number of rotatable bonds is 7. The molecule has 0 bridgehead atoms. The molecule has 0 spiro atoms. The number of hydrogen-bond acceptors (Lipinski definition) is 5. The molecule has 0 fully saturated rings. The van der Waals surface area contributed by atoms with Gasteiger partial charge < -0.3 is 14.8 Å². The number of nitrogens with zero attached hydrogens (tertiary/aromatic N) is 3. The van der Waals surface area contributed by atoms with Crippen LogP contribution < -0.4 is 5.32 Å². The van der Waals surface area contributed by atoms with E-state index in [2.05, 4.69) is 15.4 Å². The van der Waals surface area contributed by atoms with Crippen molar-refractivity contribution in [3.05, 3.63) is 23.8 Å². The zero-order valence-electron chi connectivity index (χ0n) is 15.9. The quantitative estimate of drug-likeness (QED) is 0.802. The molecule has 0 unspecified atom stereocenters. The summed E-state index contributed by atoms with van der Waals surface area (Å²) < 4.78 is 7.29. The van der Waals surface area contributed by atoms with Crippen molar-refractivity contribution in [3.8, 4) is 11.5 Å². The van der Waals surface area contributed by atoms with Crippen LogP contribution in [-0.4, -0.2) is 37.9 Å². The molecule has 138 valence electrons. The number of aromatic nitrogens is 3. The molecule has 0 saturated carbocycles. The summed E-state index contributed by atoms with van der Waals surface area (Å²) >= 11 is 0. The maximum atomic E-state index is 12.5. The third-order valence-electron chi connectivity index (χ3n) is 5.08. The maximum absolute atomic E-state index is 12.5. The van der Waals surface area contributed by atoms with Gasteiger partial charge in [-0.25, -0.2) is 4.98 Å². The Balaban J connectivity index is 2.13. The molecule has 2 heterocycles. The molecule has 1 amide bonds.